The lowest BCUT2D eigenvalue weighted by Gasteiger charge is -2.12. The van der Waals surface area contributed by atoms with Gasteiger partial charge in [0.15, 0.2) is 11.5 Å². The van der Waals surface area contributed by atoms with E-state index in [2.05, 4.69) is 44.8 Å². The van der Waals surface area contributed by atoms with Crippen molar-refractivity contribution in [1.82, 2.24) is 5.32 Å². The molecule has 0 atom stereocenters. The topological polar surface area (TPSA) is 30.5 Å². The van der Waals surface area contributed by atoms with Crippen LogP contribution < -0.4 is 14.8 Å². The van der Waals surface area contributed by atoms with Crippen molar-refractivity contribution in [3.05, 3.63) is 44.6 Å². The van der Waals surface area contributed by atoms with Crippen molar-refractivity contribution in [3.8, 4) is 11.5 Å². The van der Waals surface area contributed by atoms with Crippen LogP contribution in [0.1, 0.15) is 10.4 Å². The van der Waals surface area contributed by atoms with Crippen LogP contribution in [0.5, 0.6) is 11.5 Å². The van der Waals surface area contributed by atoms with Crippen LogP contribution in [-0.4, -0.2) is 20.8 Å². The Morgan fingerprint density at radius 2 is 2.10 bits per heavy atom. The lowest BCUT2D eigenvalue weighted by molar-refractivity contribution is 0.352. The van der Waals surface area contributed by atoms with E-state index < -0.39 is 0 Å². The standard InChI is InChI=1S/C15H18BrNO2S/c1-18-14-9-11(8-13(16)15(14)19-2)10-17-6-5-12-4-3-7-20-12/h3-4,7-9,17H,5-6,10H2,1-2H3. The largest absolute Gasteiger partial charge is 0.493 e. The van der Waals surface area contributed by atoms with Gasteiger partial charge in [-0.05, 0) is 51.5 Å². The minimum atomic E-state index is 0.731. The zero-order valence-electron chi connectivity index (χ0n) is 11.6. The number of benzene rings is 1. The predicted octanol–water partition coefficient (Wildman–Crippen LogP) is 3.86. The van der Waals surface area contributed by atoms with Gasteiger partial charge in [0.25, 0.3) is 0 Å². The normalized spacial score (nSPS) is 10.6. The second kappa shape index (κ2) is 7.67. The van der Waals surface area contributed by atoms with Gasteiger partial charge >= 0.3 is 0 Å². The molecule has 0 bridgehead atoms. The summed E-state index contributed by atoms with van der Waals surface area (Å²) in [6, 6.07) is 8.31. The van der Waals surface area contributed by atoms with Gasteiger partial charge in [0.2, 0.25) is 0 Å². The van der Waals surface area contributed by atoms with E-state index >= 15 is 0 Å². The zero-order chi connectivity index (χ0) is 14.4. The van der Waals surface area contributed by atoms with Crippen molar-refractivity contribution in [1.29, 1.82) is 0 Å². The van der Waals surface area contributed by atoms with Crippen LogP contribution in [0.4, 0.5) is 0 Å². The van der Waals surface area contributed by atoms with Crippen molar-refractivity contribution in [2.75, 3.05) is 20.8 Å². The van der Waals surface area contributed by atoms with Gasteiger partial charge in [-0.15, -0.1) is 11.3 Å². The number of halogens is 1. The monoisotopic (exact) mass is 355 g/mol. The fraction of sp³-hybridized carbons (Fsp3) is 0.333. The molecule has 0 spiro atoms. The van der Waals surface area contributed by atoms with Crippen LogP contribution in [-0.2, 0) is 13.0 Å². The molecule has 0 aliphatic rings. The number of ether oxygens (including phenoxy) is 2. The van der Waals surface area contributed by atoms with Gasteiger partial charge in [0.1, 0.15) is 0 Å². The van der Waals surface area contributed by atoms with E-state index in [1.54, 1.807) is 25.6 Å². The maximum absolute atomic E-state index is 5.34. The molecule has 2 aromatic rings. The molecule has 0 aliphatic carbocycles. The van der Waals surface area contributed by atoms with Crippen LogP contribution >= 0.6 is 27.3 Å². The summed E-state index contributed by atoms with van der Waals surface area (Å²) in [5, 5.41) is 5.56. The first kappa shape index (κ1) is 15.4. The van der Waals surface area contributed by atoms with Crippen LogP contribution in [0.3, 0.4) is 0 Å². The summed E-state index contributed by atoms with van der Waals surface area (Å²) in [6.45, 7) is 1.77. The highest BCUT2D eigenvalue weighted by atomic mass is 79.9. The fourth-order valence-corrected chi connectivity index (χ4v) is 3.33. The molecular weight excluding hydrogens is 338 g/mol. The highest BCUT2D eigenvalue weighted by molar-refractivity contribution is 9.10. The first-order valence-electron chi connectivity index (χ1n) is 6.38. The average molecular weight is 356 g/mol. The molecule has 0 aliphatic heterocycles. The molecule has 108 valence electrons. The molecule has 1 aromatic carbocycles. The van der Waals surface area contributed by atoms with Crippen molar-refractivity contribution >= 4 is 27.3 Å². The van der Waals surface area contributed by atoms with Gasteiger partial charge in [-0.25, -0.2) is 0 Å². The average Bonchev–Trinajstić information content (AvgIpc) is 2.96. The molecule has 0 fully saturated rings. The van der Waals surface area contributed by atoms with Gasteiger partial charge in [-0.1, -0.05) is 6.07 Å². The molecule has 5 heteroatoms. The second-order valence-electron chi connectivity index (χ2n) is 4.32. The molecular formula is C15H18BrNO2S. The van der Waals surface area contributed by atoms with Gasteiger partial charge in [0, 0.05) is 18.0 Å². The third-order valence-electron chi connectivity index (χ3n) is 2.95. The number of nitrogens with one attached hydrogen (secondary N) is 1. The summed E-state index contributed by atoms with van der Waals surface area (Å²) in [6.07, 6.45) is 1.06. The number of hydrogen-bond acceptors (Lipinski definition) is 4. The Hall–Kier alpha value is -1.04. The molecule has 3 nitrogen and oxygen atoms in total. The Balaban J connectivity index is 1.91. The first-order valence-corrected chi connectivity index (χ1v) is 8.05. The second-order valence-corrected chi connectivity index (χ2v) is 6.21. The highest BCUT2D eigenvalue weighted by Gasteiger charge is 2.10. The highest BCUT2D eigenvalue weighted by Crippen LogP contribution is 2.36. The maximum Gasteiger partial charge on any atom is 0.174 e. The van der Waals surface area contributed by atoms with Gasteiger partial charge in [-0.2, -0.15) is 0 Å². The van der Waals surface area contributed by atoms with Gasteiger partial charge in [0.05, 0.1) is 18.7 Å². The maximum atomic E-state index is 5.34. The minimum Gasteiger partial charge on any atom is -0.493 e. The summed E-state index contributed by atoms with van der Waals surface area (Å²) < 4.78 is 11.6. The van der Waals surface area contributed by atoms with Crippen molar-refractivity contribution in [2.24, 2.45) is 0 Å². The van der Waals surface area contributed by atoms with E-state index in [9.17, 15) is 0 Å². The Morgan fingerprint density at radius 3 is 2.75 bits per heavy atom. The summed E-state index contributed by atoms with van der Waals surface area (Å²) in [5.41, 5.74) is 1.17. The number of thiophene rings is 1. The molecule has 1 aromatic heterocycles. The van der Waals surface area contributed by atoms with Crippen LogP contribution in [0.25, 0.3) is 0 Å². The van der Waals surface area contributed by atoms with Gasteiger partial charge in [-0.3, -0.25) is 0 Å². The Kier molecular flexibility index (Phi) is 5.88. The first-order chi connectivity index (χ1) is 9.74. The quantitative estimate of drug-likeness (QED) is 0.765. The summed E-state index contributed by atoms with van der Waals surface area (Å²) in [4.78, 5) is 1.41. The van der Waals surface area contributed by atoms with Crippen molar-refractivity contribution < 1.29 is 9.47 Å². The SMILES string of the molecule is COc1cc(CNCCc2cccs2)cc(Br)c1OC. The molecule has 1 heterocycles. The van der Waals surface area contributed by atoms with Crippen molar-refractivity contribution in [3.63, 3.8) is 0 Å². The number of methoxy groups -OCH3 is 2. The van der Waals surface area contributed by atoms with E-state index in [0.717, 1.165) is 35.5 Å². The molecule has 2 rings (SSSR count). The van der Waals surface area contributed by atoms with Crippen LogP contribution in [0, 0.1) is 0 Å². The van der Waals surface area contributed by atoms with Crippen LogP contribution in [0.15, 0.2) is 34.1 Å². The minimum absolute atomic E-state index is 0.731. The predicted molar refractivity (Wildman–Crippen MR) is 87.0 cm³/mol. The molecule has 0 saturated carbocycles. The molecule has 0 radical (unpaired) electrons. The molecule has 0 saturated heterocycles. The summed E-state index contributed by atoms with van der Waals surface area (Å²) >= 11 is 5.31. The molecule has 0 unspecified atom stereocenters. The number of hydrogen-bond donors (Lipinski definition) is 1. The summed E-state index contributed by atoms with van der Waals surface area (Å²) in [7, 11) is 3.29. The lowest BCUT2D eigenvalue weighted by atomic mass is 10.2. The number of rotatable bonds is 7. The van der Waals surface area contributed by atoms with E-state index in [0.29, 0.717) is 0 Å². The third kappa shape index (κ3) is 3.98. The lowest BCUT2D eigenvalue weighted by Crippen LogP contribution is -2.16. The fourth-order valence-electron chi connectivity index (χ4n) is 1.97. The Morgan fingerprint density at radius 1 is 1.25 bits per heavy atom. The van der Waals surface area contributed by atoms with Gasteiger partial charge < -0.3 is 14.8 Å². The Bertz CT molecular complexity index is 543. The third-order valence-corrected chi connectivity index (χ3v) is 4.48. The zero-order valence-corrected chi connectivity index (χ0v) is 14.0. The van der Waals surface area contributed by atoms with E-state index in [-0.39, 0.29) is 0 Å². The molecule has 0 amide bonds. The smallest absolute Gasteiger partial charge is 0.174 e. The van der Waals surface area contributed by atoms with Crippen LogP contribution in [0.2, 0.25) is 0 Å². The Labute approximate surface area is 132 Å². The summed E-state index contributed by atoms with van der Waals surface area (Å²) in [5.74, 6) is 1.48. The van der Waals surface area contributed by atoms with Crippen molar-refractivity contribution in [2.45, 2.75) is 13.0 Å². The van der Waals surface area contributed by atoms with E-state index in [4.69, 9.17) is 9.47 Å². The van der Waals surface area contributed by atoms with E-state index in [1.807, 2.05) is 6.07 Å². The molecule has 20 heavy (non-hydrogen) atoms. The molecule has 1 N–H and O–H groups in total. The van der Waals surface area contributed by atoms with E-state index in [1.165, 1.54) is 10.4 Å².